The minimum absolute atomic E-state index is 0.0630. The zero-order valence-electron chi connectivity index (χ0n) is 18.8. The van der Waals surface area contributed by atoms with E-state index in [9.17, 15) is 4.79 Å². The van der Waals surface area contributed by atoms with Gasteiger partial charge in [0.25, 0.3) is 0 Å². The minimum atomic E-state index is -0.995. The first kappa shape index (κ1) is 25.9. The van der Waals surface area contributed by atoms with Gasteiger partial charge in [-0.3, -0.25) is 4.79 Å². The maximum Gasteiger partial charge on any atom is 0.309 e. The van der Waals surface area contributed by atoms with E-state index in [-0.39, 0.29) is 18.0 Å². The van der Waals surface area contributed by atoms with Crippen molar-refractivity contribution in [2.24, 2.45) is 5.92 Å². The van der Waals surface area contributed by atoms with E-state index < -0.39 is 7.26 Å². The number of rotatable bonds is 17. The van der Waals surface area contributed by atoms with Crippen LogP contribution in [0.3, 0.4) is 0 Å². The summed E-state index contributed by atoms with van der Waals surface area (Å²) in [5, 5.41) is 0. The third-order valence-electron chi connectivity index (χ3n) is 5.65. The van der Waals surface area contributed by atoms with Crippen molar-refractivity contribution in [3.05, 3.63) is 0 Å². The average Bonchev–Trinajstić information content (AvgIpc) is 2.63. The molecule has 0 aliphatic heterocycles. The monoisotopic (exact) mass is 387 g/mol. The number of esters is 1. The fraction of sp³-hybridized carbons (Fsp3) is 0.957. The van der Waals surface area contributed by atoms with E-state index in [1.165, 1.54) is 57.0 Å². The molecule has 0 saturated carbocycles. The molecule has 2 nitrogen and oxygen atoms in total. The SMILES string of the molecule is CCCCC(CC)C(=O)OC(C)C[P+](CCCC)(CCCC)CCCC. The molecule has 0 spiro atoms. The van der Waals surface area contributed by atoms with E-state index in [1.54, 1.807) is 0 Å². The zero-order valence-corrected chi connectivity index (χ0v) is 19.7. The van der Waals surface area contributed by atoms with Crippen LogP contribution < -0.4 is 0 Å². The molecular formula is C23H48O2P+. The first-order chi connectivity index (χ1) is 12.5. The molecule has 0 bridgehead atoms. The van der Waals surface area contributed by atoms with Gasteiger partial charge in [-0.2, -0.15) is 0 Å². The number of ether oxygens (including phenoxy) is 1. The molecule has 156 valence electrons. The predicted octanol–water partition coefficient (Wildman–Crippen LogP) is 7.55. The molecule has 26 heavy (non-hydrogen) atoms. The maximum atomic E-state index is 12.6. The molecule has 0 aromatic carbocycles. The van der Waals surface area contributed by atoms with Crippen LogP contribution in [0.25, 0.3) is 0 Å². The summed E-state index contributed by atoms with van der Waals surface area (Å²) in [6, 6.07) is 0. The van der Waals surface area contributed by atoms with E-state index in [4.69, 9.17) is 4.74 Å². The van der Waals surface area contributed by atoms with Crippen LogP contribution in [0.4, 0.5) is 0 Å². The van der Waals surface area contributed by atoms with Gasteiger partial charge in [0.15, 0.2) is 0 Å². The molecule has 0 aromatic heterocycles. The summed E-state index contributed by atoms with van der Waals surface area (Å²) < 4.78 is 5.98. The lowest BCUT2D eigenvalue weighted by atomic mass is 10.00. The molecule has 0 heterocycles. The van der Waals surface area contributed by atoms with E-state index >= 15 is 0 Å². The summed E-state index contributed by atoms with van der Waals surface area (Å²) in [4.78, 5) is 12.6. The van der Waals surface area contributed by atoms with Crippen LogP contribution in [-0.2, 0) is 9.53 Å². The summed E-state index contributed by atoms with van der Waals surface area (Å²) in [5.41, 5.74) is 0. The van der Waals surface area contributed by atoms with Gasteiger partial charge in [0.2, 0.25) is 0 Å². The average molecular weight is 388 g/mol. The quantitative estimate of drug-likeness (QED) is 0.190. The molecule has 0 aromatic rings. The van der Waals surface area contributed by atoms with Crippen molar-refractivity contribution in [2.75, 3.05) is 24.6 Å². The molecule has 0 amide bonds. The normalized spacial score (nSPS) is 14.2. The molecule has 3 heteroatoms. The van der Waals surface area contributed by atoms with Crippen LogP contribution in [0.2, 0.25) is 0 Å². The van der Waals surface area contributed by atoms with Crippen molar-refractivity contribution < 1.29 is 9.53 Å². The van der Waals surface area contributed by atoms with Crippen LogP contribution in [0, 0.1) is 5.92 Å². The van der Waals surface area contributed by atoms with Crippen LogP contribution in [0.5, 0.6) is 0 Å². The van der Waals surface area contributed by atoms with Gasteiger partial charge < -0.3 is 4.74 Å². The molecule has 0 saturated heterocycles. The summed E-state index contributed by atoms with van der Waals surface area (Å²) in [6.45, 7) is 13.4. The lowest BCUT2D eigenvalue weighted by Crippen LogP contribution is -2.28. The predicted molar refractivity (Wildman–Crippen MR) is 120 cm³/mol. The minimum Gasteiger partial charge on any atom is -0.459 e. The molecule has 2 atom stereocenters. The Morgan fingerprint density at radius 3 is 1.65 bits per heavy atom. The van der Waals surface area contributed by atoms with Crippen molar-refractivity contribution in [3.8, 4) is 0 Å². The number of carbonyl (C=O) groups is 1. The van der Waals surface area contributed by atoms with Gasteiger partial charge in [-0.05, 0) is 39.0 Å². The van der Waals surface area contributed by atoms with Crippen LogP contribution in [0.15, 0.2) is 0 Å². The van der Waals surface area contributed by atoms with Crippen LogP contribution >= 0.6 is 7.26 Å². The molecule has 0 aliphatic rings. The topological polar surface area (TPSA) is 26.3 Å². The standard InChI is InChI=1S/C23H48O2P/c1-7-12-16-22(11-5)23(24)25-21(6)20-26(17-13-8-2,18-14-9-3)19-15-10-4/h21-22H,7-20H2,1-6H3/q+1. The van der Waals surface area contributed by atoms with Crippen molar-refractivity contribution in [1.29, 1.82) is 0 Å². The second kappa shape index (κ2) is 15.9. The molecule has 0 aliphatic carbocycles. The van der Waals surface area contributed by atoms with Crippen molar-refractivity contribution in [3.63, 3.8) is 0 Å². The highest BCUT2D eigenvalue weighted by molar-refractivity contribution is 7.75. The van der Waals surface area contributed by atoms with Crippen molar-refractivity contribution >= 4 is 13.2 Å². The van der Waals surface area contributed by atoms with E-state index in [0.717, 1.165) is 31.8 Å². The molecule has 0 rings (SSSR count). The molecule has 0 fully saturated rings. The summed E-state index contributed by atoms with van der Waals surface area (Å²) in [6.07, 6.45) is 17.5. The second-order valence-electron chi connectivity index (χ2n) is 8.25. The highest BCUT2D eigenvalue weighted by Crippen LogP contribution is 2.61. The van der Waals surface area contributed by atoms with Crippen molar-refractivity contribution in [2.45, 2.75) is 112 Å². The van der Waals surface area contributed by atoms with Crippen LogP contribution in [0.1, 0.15) is 106 Å². The van der Waals surface area contributed by atoms with E-state index in [0.29, 0.717) is 0 Å². The number of hydrogen-bond acceptors (Lipinski definition) is 2. The highest BCUT2D eigenvalue weighted by atomic mass is 31.2. The van der Waals surface area contributed by atoms with E-state index in [2.05, 4.69) is 41.5 Å². The van der Waals surface area contributed by atoms with Gasteiger partial charge in [-0.25, -0.2) is 0 Å². The zero-order chi connectivity index (χ0) is 19.8. The Labute approximate surface area is 165 Å². The van der Waals surface area contributed by atoms with Gasteiger partial charge in [0, 0.05) is 7.26 Å². The lowest BCUT2D eigenvalue weighted by molar-refractivity contribution is -0.152. The summed E-state index contributed by atoms with van der Waals surface area (Å²) >= 11 is 0. The lowest BCUT2D eigenvalue weighted by Gasteiger charge is -2.30. The van der Waals surface area contributed by atoms with Gasteiger partial charge in [-0.15, -0.1) is 0 Å². The third-order valence-corrected chi connectivity index (χ3v) is 10.7. The van der Waals surface area contributed by atoms with Gasteiger partial charge >= 0.3 is 5.97 Å². The highest BCUT2D eigenvalue weighted by Gasteiger charge is 2.38. The first-order valence-corrected chi connectivity index (χ1v) is 14.1. The number of carbonyl (C=O) groups excluding carboxylic acids is 1. The summed E-state index contributed by atoms with van der Waals surface area (Å²) in [5.74, 6) is 0.167. The Hall–Kier alpha value is -0.100. The Balaban J connectivity index is 4.93. The Bertz CT molecular complexity index is 321. The molecular weight excluding hydrogens is 339 g/mol. The summed E-state index contributed by atoms with van der Waals surface area (Å²) in [7, 11) is -0.995. The Morgan fingerprint density at radius 1 is 0.808 bits per heavy atom. The molecule has 2 unspecified atom stereocenters. The Morgan fingerprint density at radius 2 is 1.27 bits per heavy atom. The fourth-order valence-electron chi connectivity index (χ4n) is 3.91. The third kappa shape index (κ3) is 10.9. The Kier molecular flexibility index (Phi) is 15.8. The van der Waals surface area contributed by atoms with Gasteiger partial charge in [-0.1, -0.05) is 66.7 Å². The van der Waals surface area contributed by atoms with Gasteiger partial charge in [0.05, 0.1) is 30.6 Å². The van der Waals surface area contributed by atoms with E-state index in [1.807, 2.05) is 0 Å². The molecule has 0 radical (unpaired) electrons. The largest absolute Gasteiger partial charge is 0.459 e. The van der Waals surface area contributed by atoms with Crippen molar-refractivity contribution in [1.82, 2.24) is 0 Å². The smallest absolute Gasteiger partial charge is 0.309 e. The molecule has 0 N–H and O–H groups in total. The number of unbranched alkanes of at least 4 members (excludes halogenated alkanes) is 4. The van der Waals surface area contributed by atoms with Gasteiger partial charge in [0.1, 0.15) is 6.10 Å². The maximum absolute atomic E-state index is 12.6. The fourth-order valence-corrected chi connectivity index (χ4v) is 9.25. The van der Waals surface area contributed by atoms with Crippen LogP contribution in [-0.4, -0.2) is 36.7 Å². The first-order valence-electron chi connectivity index (χ1n) is 11.5. The second-order valence-corrected chi connectivity index (χ2v) is 12.6. The number of hydrogen-bond donors (Lipinski definition) is 0.